The quantitative estimate of drug-likeness (QED) is 0.660. The molecule has 0 fully saturated rings. The molecule has 20 heavy (non-hydrogen) atoms. The number of rotatable bonds is 4. The van der Waals surface area contributed by atoms with Crippen LogP contribution in [0.25, 0.3) is 0 Å². The van der Waals surface area contributed by atoms with Gasteiger partial charge < -0.3 is 5.32 Å². The molecule has 0 radical (unpaired) electrons. The molecule has 0 spiro atoms. The summed E-state index contributed by atoms with van der Waals surface area (Å²) in [4.78, 5) is 10.2. The number of anilines is 1. The Kier molecular flexibility index (Phi) is 4.42. The van der Waals surface area contributed by atoms with Gasteiger partial charge in [0.15, 0.2) is 0 Å². The van der Waals surface area contributed by atoms with Crippen molar-refractivity contribution in [3.63, 3.8) is 0 Å². The number of benzene rings is 2. The number of nitrogens with one attached hydrogen (secondary N) is 1. The highest BCUT2D eigenvalue weighted by Crippen LogP contribution is 2.29. The molecular formula is C13H9Cl2FN2O2. The summed E-state index contributed by atoms with van der Waals surface area (Å²) in [5.41, 5.74) is 0.577. The van der Waals surface area contributed by atoms with E-state index in [0.29, 0.717) is 15.6 Å². The van der Waals surface area contributed by atoms with Gasteiger partial charge in [-0.05, 0) is 23.8 Å². The summed E-state index contributed by atoms with van der Waals surface area (Å²) >= 11 is 11.9. The molecule has 0 saturated heterocycles. The second-order valence-electron chi connectivity index (χ2n) is 3.99. The van der Waals surface area contributed by atoms with Crippen LogP contribution in [0.5, 0.6) is 0 Å². The largest absolute Gasteiger partial charge is 0.375 e. The van der Waals surface area contributed by atoms with Crippen LogP contribution in [0.4, 0.5) is 15.8 Å². The van der Waals surface area contributed by atoms with Crippen molar-refractivity contribution in [2.45, 2.75) is 6.54 Å². The van der Waals surface area contributed by atoms with E-state index in [9.17, 15) is 14.5 Å². The lowest BCUT2D eigenvalue weighted by atomic mass is 10.2. The summed E-state index contributed by atoms with van der Waals surface area (Å²) in [6.07, 6.45) is 0. The maximum absolute atomic E-state index is 13.0. The number of nitro groups is 1. The molecule has 0 amide bonds. The van der Waals surface area contributed by atoms with Crippen LogP contribution < -0.4 is 5.32 Å². The minimum absolute atomic E-state index is 0.215. The molecule has 0 aromatic heterocycles. The summed E-state index contributed by atoms with van der Waals surface area (Å²) in [7, 11) is 0. The van der Waals surface area contributed by atoms with E-state index in [1.54, 1.807) is 18.2 Å². The smallest absolute Gasteiger partial charge is 0.295 e. The summed E-state index contributed by atoms with van der Waals surface area (Å²) in [5.74, 6) is -0.664. The normalized spacial score (nSPS) is 10.3. The van der Waals surface area contributed by atoms with Crippen molar-refractivity contribution in [2.75, 3.05) is 5.32 Å². The van der Waals surface area contributed by atoms with Crippen molar-refractivity contribution in [1.82, 2.24) is 0 Å². The predicted molar refractivity (Wildman–Crippen MR) is 76.8 cm³/mol. The maximum Gasteiger partial charge on any atom is 0.295 e. The SMILES string of the molecule is O=[N+]([O-])c1cc(F)ccc1NCc1cccc(Cl)c1Cl. The second kappa shape index (κ2) is 6.07. The van der Waals surface area contributed by atoms with Crippen molar-refractivity contribution in [2.24, 2.45) is 0 Å². The van der Waals surface area contributed by atoms with Gasteiger partial charge in [-0.3, -0.25) is 10.1 Å². The van der Waals surface area contributed by atoms with E-state index in [0.717, 1.165) is 12.1 Å². The van der Waals surface area contributed by atoms with Crippen molar-refractivity contribution in [3.8, 4) is 0 Å². The molecular weight excluding hydrogens is 306 g/mol. The molecule has 104 valence electrons. The molecule has 2 aromatic carbocycles. The first-order valence-electron chi connectivity index (χ1n) is 5.59. The lowest BCUT2D eigenvalue weighted by Crippen LogP contribution is -2.03. The fourth-order valence-corrected chi connectivity index (χ4v) is 2.07. The Balaban J connectivity index is 2.23. The third-order valence-electron chi connectivity index (χ3n) is 2.66. The highest BCUT2D eigenvalue weighted by atomic mass is 35.5. The molecule has 0 atom stereocenters. The molecule has 0 bridgehead atoms. The number of nitrogens with zero attached hydrogens (tertiary/aromatic N) is 1. The van der Waals surface area contributed by atoms with E-state index in [2.05, 4.69) is 5.32 Å². The zero-order valence-corrected chi connectivity index (χ0v) is 11.6. The first-order valence-corrected chi connectivity index (χ1v) is 6.35. The van der Waals surface area contributed by atoms with E-state index >= 15 is 0 Å². The van der Waals surface area contributed by atoms with Crippen LogP contribution >= 0.6 is 23.2 Å². The summed E-state index contributed by atoms with van der Waals surface area (Å²) in [6.45, 7) is 0.242. The van der Waals surface area contributed by atoms with E-state index in [1.807, 2.05) is 0 Å². The van der Waals surface area contributed by atoms with E-state index in [1.165, 1.54) is 6.07 Å². The van der Waals surface area contributed by atoms with Gasteiger partial charge in [0.1, 0.15) is 11.5 Å². The standard InChI is InChI=1S/C13H9Cl2FN2O2/c14-10-3-1-2-8(13(10)15)7-17-11-5-4-9(16)6-12(11)18(19)20/h1-6,17H,7H2. The van der Waals surface area contributed by atoms with Crippen LogP contribution in [0.3, 0.4) is 0 Å². The average Bonchev–Trinajstić information content (AvgIpc) is 2.41. The van der Waals surface area contributed by atoms with Gasteiger partial charge in [0.25, 0.3) is 5.69 Å². The fraction of sp³-hybridized carbons (Fsp3) is 0.0769. The molecule has 0 aliphatic heterocycles. The summed E-state index contributed by atoms with van der Waals surface area (Å²) in [5, 5.41) is 14.5. The highest BCUT2D eigenvalue weighted by molar-refractivity contribution is 6.42. The van der Waals surface area contributed by atoms with E-state index < -0.39 is 10.7 Å². The molecule has 7 heteroatoms. The minimum atomic E-state index is -0.664. The second-order valence-corrected chi connectivity index (χ2v) is 4.77. The zero-order valence-electron chi connectivity index (χ0n) is 10.1. The molecule has 1 N–H and O–H groups in total. The van der Waals surface area contributed by atoms with Gasteiger partial charge >= 0.3 is 0 Å². The lowest BCUT2D eigenvalue weighted by molar-refractivity contribution is -0.384. The van der Waals surface area contributed by atoms with Gasteiger partial charge in [-0.1, -0.05) is 35.3 Å². The van der Waals surface area contributed by atoms with Crippen LogP contribution in [-0.2, 0) is 6.54 Å². The lowest BCUT2D eigenvalue weighted by Gasteiger charge is -2.09. The molecule has 4 nitrogen and oxygen atoms in total. The zero-order chi connectivity index (χ0) is 14.7. The van der Waals surface area contributed by atoms with Gasteiger partial charge in [-0.25, -0.2) is 4.39 Å². The Hall–Kier alpha value is -1.85. The first-order chi connectivity index (χ1) is 9.49. The monoisotopic (exact) mass is 314 g/mol. The van der Waals surface area contributed by atoms with E-state index in [-0.39, 0.29) is 17.9 Å². The van der Waals surface area contributed by atoms with Crippen molar-refractivity contribution in [1.29, 1.82) is 0 Å². The molecule has 0 aliphatic rings. The Labute approximate surface area is 124 Å². The van der Waals surface area contributed by atoms with Gasteiger partial charge in [0.05, 0.1) is 21.0 Å². The molecule has 0 saturated carbocycles. The third-order valence-corrected chi connectivity index (χ3v) is 3.52. The van der Waals surface area contributed by atoms with Crippen LogP contribution in [0, 0.1) is 15.9 Å². The molecule has 0 heterocycles. The average molecular weight is 315 g/mol. The van der Waals surface area contributed by atoms with Gasteiger partial charge in [-0.15, -0.1) is 0 Å². The number of hydrogen-bond acceptors (Lipinski definition) is 3. The molecule has 0 unspecified atom stereocenters. The topological polar surface area (TPSA) is 55.2 Å². The number of hydrogen-bond donors (Lipinski definition) is 1. The predicted octanol–water partition coefficient (Wildman–Crippen LogP) is 4.65. The van der Waals surface area contributed by atoms with Crippen LogP contribution in [0.2, 0.25) is 10.0 Å². The van der Waals surface area contributed by atoms with Gasteiger partial charge in [0.2, 0.25) is 0 Å². The van der Waals surface area contributed by atoms with Crippen LogP contribution in [-0.4, -0.2) is 4.92 Å². The molecule has 0 aliphatic carbocycles. The molecule has 2 rings (SSSR count). The van der Waals surface area contributed by atoms with E-state index in [4.69, 9.17) is 23.2 Å². The Bertz CT molecular complexity index is 665. The number of halogens is 3. The van der Waals surface area contributed by atoms with Gasteiger partial charge in [-0.2, -0.15) is 0 Å². The van der Waals surface area contributed by atoms with Crippen LogP contribution in [0.1, 0.15) is 5.56 Å². The third kappa shape index (κ3) is 3.18. The van der Waals surface area contributed by atoms with Crippen molar-refractivity contribution < 1.29 is 9.31 Å². The Morgan fingerprint density at radius 3 is 2.70 bits per heavy atom. The summed E-state index contributed by atoms with van der Waals surface area (Å²) in [6, 6.07) is 8.44. The first kappa shape index (κ1) is 14.6. The fourth-order valence-electron chi connectivity index (χ4n) is 1.68. The number of nitro benzene ring substituents is 1. The van der Waals surface area contributed by atoms with Crippen LogP contribution in [0.15, 0.2) is 36.4 Å². The minimum Gasteiger partial charge on any atom is -0.375 e. The Morgan fingerprint density at radius 1 is 1.25 bits per heavy atom. The van der Waals surface area contributed by atoms with Gasteiger partial charge in [0, 0.05) is 6.54 Å². The Morgan fingerprint density at radius 2 is 2.00 bits per heavy atom. The highest BCUT2D eigenvalue weighted by Gasteiger charge is 2.15. The maximum atomic E-state index is 13.0. The summed E-state index contributed by atoms with van der Waals surface area (Å²) < 4.78 is 13.0. The van der Waals surface area contributed by atoms with Crippen molar-refractivity contribution in [3.05, 3.63) is 67.9 Å². The van der Waals surface area contributed by atoms with Crippen molar-refractivity contribution >= 4 is 34.6 Å². The molecule has 2 aromatic rings.